The van der Waals surface area contributed by atoms with Crippen LogP contribution in [-0.4, -0.2) is 23.9 Å². The average Bonchev–Trinajstić information content (AvgIpc) is 2.66. The zero-order valence-electron chi connectivity index (χ0n) is 8.91. The van der Waals surface area contributed by atoms with Crippen LogP contribution in [-0.2, 0) is 16.7 Å². The first-order valence-electron chi connectivity index (χ1n) is 4.77. The van der Waals surface area contributed by atoms with Crippen LogP contribution < -0.4 is 5.73 Å². The van der Waals surface area contributed by atoms with E-state index in [9.17, 15) is 0 Å². The summed E-state index contributed by atoms with van der Waals surface area (Å²) in [5.41, 5.74) is 5.45. The first kappa shape index (κ1) is 11.1. The summed E-state index contributed by atoms with van der Waals surface area (Å²) in [6.07, 6.45) is 1.43. The predicted molar refractivity (Wildman–Crippen MR) is 51.7 cm³/mol. The van der Waals surface area contributed by atoms with Crippen molar-refractivity contribution in [2.45, 2.75) is 32.2 Å². The molecule has 80 valence electrons. The van der Waals surface area contributed by atoms with Crippen molar-refractivity contribution in [1.82, 2.24) is 10.1 Å². The Bertz CT molecular complexity index is 287. The molecular formula is C9H17N3O2. The van der Waals surface area contributed by atoms with Crippen LogP contribution in [0.4, 0.5) is 0 Å². The van der Waals surface area contributed by atoms with Crippen molar-refractivity contribution in [2.24, 2.45) is 5.73 Å². The van der Waals surface area contributed by atoms with Crippen molar-refractivity contribution in [3.8, 4) is 0 Å². The Balaban J connectivity index is 2.87. The first-order chi connectivity index (χ1) is 6.66. The normalized spacial score (nSPS) is 15.4. The van der Waals surface area contributed by atoms with Gasteiger partial charge in [-0.2, -0.15) is 4.98 Å². The highest BCUT2D eigenvalue weighted by Gasteiger charge is 2.30. The van der Waals surface area contributed by atoms with Gasteiger partial charge in [0.2, 0.25) is 5.89 Å². The quantitative estimate of drug-likeness (QED) is 0.760. The van der Waals surface area contributed by atoms with Crippen LogP contribution in [0.5, 0.6) is 0 Å². The third-order valence-corrected chi connectivity index (χ3v) is 2.25. The molecule has 1 aromatic rings. The van der Waals surface area contributed by atoms with Crippen LogP contribution in [0.2, 0.25) is 0 Å². The van der Waals surface area contributed by atoms with E-state index in [1.807, 2.05) is 13.8 Å². The predicted octanol–water partition coefficient (Wildman–Crippen LogP) is 0.842. The van der Waals surface area contributed by atoms with Crippen LogP contribution in [0, 0.1) is 0 Å². The fourth-order valence-electron chi connectivity index (χ4n) is 1.18. The number of rotatable bonds is 5. The van der Waals surface area contributed by atoms with Gasteiger partial charge in [-0.1, -0.05) is 19.0 Å². The number of hydrogen-bond donors (Lipinski definition) is 1. The Kier molecular flexibility index (Phi) is 3.60. The molecule has 1 atom stereocenters. The molecule has 0 radical (unpaired) electrons. The summed E-state index contributed by atoms with van der Waals surface area (Å²) >= 11 is 0. The molecule has 5 nitrogen and oxygen atoms in total. The highest BCUT2D eigenvalue weighted by Crippen LogP contribution is 2.19. The summed E-state index contributed by atoms with van der Waals surface area (Å²) in [7, 11) is 1.61. The lowest BCUT2D eigenvalue weighted by atomic mass is 9.98. The van der Waals surface area contributed by atoms with Gasteiger partial charge in [0, 0.05) is 13.5 Å². The Morgan fingerprint density at radius 3 is 2.64 bits per heavy atom. The van der Waals surface area contributed by atoms with E-state index in [1.165, 1.54) is 0 Å². The fourth-order valence-corrected chi connectivity index (χ4v) is 1.18. The van der Waals surface area contributed by atoms with E-state index in [1.54, 1.807) is 7.11 Å². The number of ether oxygens (including phenoxy) is 1. The minimum atomic E-state index is -0.633. The maximum Gasteiger partial charge on any atom is 0.226 e. The number of methoxy groups -OCH3 is 1. The lowest BCUT2D eigenvalue weighted by molar-refractivity contribution is 0.122. The number of aromatic nitrogens is 2. The summed E-state index contributed by atoms with van der Waals surface area (Å²) < 4.78 is 10.1. The molecule has 1 aromatic heterocycles. The van der Waals surface area contributed by atoms with Gasteiger partial charge in [-0.3, -0.25) is 0 Å². The molecule has 5 heteroatoms. The molecule has 2 N–H and O–H groups in total. The molecule has 0 saturated carbocycles. The van der Waals surface area contributed by atoms with Gasteiger partial charge in [0.05, 0.1) is 6.61 Å². The maximum atomic E-state index is 6.09. The minimum Gasteiger partial charge on any atom is -0.382 e. The summed E-state index contributed by atoms with van der Waals surface area (Å²) in [4.78, 5) is 4.21. The van der Waals surface area contributed by atoms with Gasteiger partial charge in [-0.05, 0) is 6.42 Å². The van der Waals surface area contributed by atoms with Crippen LogP contribution in [0.1, 0.15) is 32.0 Å². The Hall–Kier alpha value is -0.940. The molecule has 1 unspecified atom stereocenters. The van der Waals surface area contributed by atoms with E-state index in [2.05, 4.69) is 10.1 Å². The van der Waals surface area contributed by atoms with Crippen molar-refractivity contribution in [1.29, 1.82) is 0 Å². The molecule has 0 aliphatic rings. The van der Waals surface area contributed by atoms with E-state index in [0.717, 1.165) is 6.42 Å². The maximum absolute atomic E-state index is 6.09. The minimum absolute atomic E-state index is 0.395. The third-order valence-electron chi connectivity index (χ3n) is 2.25. The average molecular weight is 199 g/mol. The van der Waals surface area contributed by atoms with Gasteiger partial charge >= 0.3 is 0 Å². The molecule has 0 saturated heterocycles. The second-order valence-electron chi connectivity index (χ2n) is 3.31. The smallest absolute Gasteiger partial charge is 0.226 e. The largest absolute Gasteiger partial charge is 0.382 e. The number of hydrogen-bond acceptors (Lipinski definition) is 5. The highest BCUT2D eigenvalue weighted by molar-refractivity contribution is 5.03. The van der Waals surface area contributed by atoms with E-state index >= 15 is 0 Å². The van der Waals surface area contributed by atoms with Crippen LogP contribution in [0.3, 0.4) is 0 Å². The second kappa shape index (κ2) is 4.52. The highest BCUT2D eigenvalue weighted by atomic mass is 16.5. The Morgan fingerprint density at radius 1 is 1.50 bits per heavy atom. The van der Waals surface area contributed by atoms with Gasteiger partial charge in [-0.25, -0.2) is 0 Å². The van der Waals surface area contributed by atoms with Crippen molar-refractivity contribution in [3.05, 3.63) is 11.7 Å². The Morgan fingerprint density at radius 2 is 2.21 bits per heavy atom. The number of aryl methyl sites for hydroxylation is 1. The SMILES string of the molecule is CCc1nc(C(N)(CC)COC)no1. The molecule has 0 spiro atoms. The molecule has 1 heterocycles. The van der Waals surface area contributed by atoms with E-state index in [-0.39, 0.29) is 0 Å². The van der Waals surface area contributed by atoms with E-state index < -0.39 is 5.54 Å². The molecule has 0 amide bonds. The van der Waals surface area contributed by atoms with Gasteiger partial charge in [-0.15, -0.1) is 0 Å². The van der Waals surface area contributed by atoms with E-state index in [4.69, 9.17) is 15.0 Å². The third kappa shape index (κ3) is 2.10. The zero-order chi connectivity index (χ0) is 10.6. The molecule has 0 bridgehead atoms. The lowest BCUT2D eigenvalue weighted by Gasteiger charge is -2.22. The van der Waals surface area contributed by atoms with Gasteiger partial charge in [0.15, 0.2) is 5.82 Å². The van der Waals surface area contributed by atoms with Gasteiger partial charge < -0.3 is 15.0 Å². The number of nitrogens with zero attached hydrogens (tertiary/aromatic N) is 2. The lowest BCUT2D eigenvalue weighted by Crippen LogP contribution is -2.41. The molecule has 1 rings (SSSR count). The summed E-state index contributed by atoms with van der Waals surface area (Å²) in [6.45, 7) is 4.32. The fraction of sp³-hybridized carbons (Fsp3) is 0.778. The molecular weight excluding hydrogens is 182 g/mol. The van der Waals surface area contributed by atoms with E-state index in [0.29, 0.717) is 24.7 Å². The summed E-state index contributed by atoms with van der Waals surface area (Å²) in [5.74, 6) is 1.14. The van der Waals surface area contributed by atoms with Crippen molar-refractivity contribution in [3.63, 3.8) is 0 Å². The Labute approximate surface area is 83.6 Å². The molecule has 0 aromatic carbocycles. The molecule has 0 aliphatic heterocycles. The monoisotopic (exact) mass is 199 g/mol. The molecule has 0 fully saturated rings. The summed E-state index contributed by atoms with van der Waals surface area (Å²) in [6, 6.07) is 0. The van der Waals surface area contributed by atoms with Gasteiger partial charge in [0.1, 0.15) is 5.54 Å². The van der Waals surface area contributed by atoms with Crippen molar-refractivity contribution in [2.75, 3.05) is 13.7 Å². The van der Waals surface area contributed by atoms with Crippen LogP contribution in [0.25, 0.3) is 0 Å². The second-order valence-corrected chi connectivity index (χ2v) is 3.31. The molecule has 0 aliphatic carbocycles. The first-order valence-corrected chi connectivity index (χ1v) is 4.77. The van der Waals surface area contributed by atoms with Crippen molar-refractivity contribution >= 4 is 0 Å². The standard InChI is InChI=1S/C9H17N3O2/c1-4-7-11-8(12-14-7)9(10,5-2)6-13-3/h4-6,10H2,1-3H3. The number of nitrogens with two attached hydrogens (primary N) is 1. The molecule has 14 heavy (non-hydrogen) atoms. The van der Waals surface area contributed by atoms with Gasteiger partial charge in [0.25, 0.3) is 0 Å². The topological polar surface area (TPSA) is 74.2 Å². The summed E-state index contributed by atoms with van der Waals surface area (Å²) in [5, 5.41) is 3.86. The van der Waals surface area contributed by atoms with Crippen LogP contribution in [0.15, 0.2) is 4.52 Å². The van der Waals surface area contributed by atoms with Crippen LogP contribution >= 0.6 is 0 Å². The van der Waals surface area contributed by atoms with Crippen molar-refractivity contribution < 1.29 is 9.26 Å². The zero-order valence-corrected chi connectivity index (χ0v) is 8.91.